The highest BCUT2D eigenvalue weighted by Crippen LogP contribution is 2.37. The average Bonchev–Trinajstić information content (AvgIpc) is 2.21. The standard InChI is InChI=1S/C8H10O2/c9-7-2-1-5-3-6(7)4-8(5)10/h5-6H,1-4H2/t5-,6+/m0/s1. The molecule has 2 aliphatic carbocycles. The van der Waals surface area contributed by atoms with E-state index in [9.17, 15) is 9.59 Å². The summed E-state index contributed by atoms with van der Waals surface area (Å²) in [7, 11) is 0. The largest absolute Gasteiger partial charge is 0.299 e. The van der Waals surface area contributed by atoms with Crippen LogP contribution in [0.2, 0.25) is 0 Å². The Labute approximate surface area is 59.6 Å². The van der Waals surface area contributed by atoms with Gasteiger partial charge in [-0.05, 0) is 12.8 Å². The molecule has 2 atom stereocenters. The maximum atomic E-state index is 11.0. The van der Waals surface area contributed by atoms with Gasteiger partial charge in [-0.15, -0.1) is 0 Å². The van der Waals surface area contributed by atoms with Crippen LogP contribution in [0.25, 0.3) is 0 Å². The summed E-state index contributed by atoms with van der Waals surface area (Å²) in [6.45, 7) is 0. The number of Topliss-reactive ketones (excluding diaryl/α,β-unsaturated/α-hetero) is 2. The third-order valence-corrected chi connectivity index (χ3v) is 2.67. The van der Waals surface area contributed by atoms with Crippen LogP contribution in [-0.2, 0) is 9.59 Å². The highest BCUT2D eigenvalue weighted by atomic mass is 16.1. The predicted octanol–water partition coefficient (Wildman–Crippen LogP) is 0.945. The summed E-state index contributed by atoms with van der Waals surface area (Å²) in [6.07, 6.45) is 2.89. The van der Waals surface area contributed by atoms with Crippen molar-refractivity contribution in [2.75, 3.05) is 0 Å². The summed E-state index contributed by atoms with van der Waals surface area (Å²) in [5, 5.41) is 0. The summed E-state index contributed by atoms with van der Waals surface area (Å²) in [5.74, 6) is 1.02. The highest BCUT2D eigenvalue weighted by Gasteiger charge is 2.39. The quantitative estimate of drug-likeness (QED) is 0.499. The maximum Gasteiger partial charge on any atom is 0.136 e. The SMILES string of the molecule is O=C1C[C@H]2C[C@@H]1CCC2=O. The Morgan fingerprint density at radius 2 is 1.90 bits per heavy atom. The van der Waals surface area contributed by atoms with Gasteiger partial charge in [0.1, 0.15) is 11.6 Å². The summed E-state index contributed by atoms with van der Waals surface area (Å²) >= 11 is 0. The van der Waals surface area contributed by atoms with Gasteiger partial charge in [0.2, 0.25) is 0 Å². The molecule has 2 heteroatoms. The molecule has 0 unspecified atom stereocenters. The van der Waals surface area contributed by atoms with Gasteiger partial charge in [-0.1, -0.05) is 0 Å². The summed E-state index contributed by atoms with van der Waals surface area (Å²) < 4.78 is 0. The van der Waals surface area contributed by atoms with Gasteiger partial charge >= 0.3 is 0 Å². The third-order valence-electron chi connectivity index (χ3n) is 2.67. The van der Waals surface area contributed by atoms with E-state index in [1.807, 2.05) is 0 Å². The smallest absolute Gasteiger partial charge is 0.136 e. The molecule has 0 saturated heterocycles. The lowest BCUT2D eigenvalue weighted by atomic mass is 9.88. The zero-order valence-electron chi connectivity index (χ0n) is 5.80. The van der Waals surface area contributed by atoms with E-state index in [1.54, 1.807) is 0 Å². The van der Waals surface area contributed by atoms with E-state index >= 15 is 0 Å². The van der Waals surface area contributed by atoms with Crippen LogP contribution in [0.1, 0.15) is 25.7 Å². The molecule has 0 aromatic rings. The second kappa shape index (κ2) is 1.91. The Kier molecular flexibility index (Phi) is 1.16. The van der Waals surface area contributed by atoms with Crippen LogP contribution >= 0.6 is 0 Å². The van der Waals surface area contributed by atoms with E-state index in [4.69, 9.17) is 0 Å². The van der Waals surface area contributed by atoms with Crippen LogP contribution in [-0.4, -0.2) is 11.6 Å². The fourth-order valence-corrected chi connectivity index (χ4v) is 2.01. The van der Waals surface area contributed by atoms with Gasteiger partial charge in [-0.3, -0.25) is 9.59 Å². The van der Waals surface area contributed by atoms with Crippen LogP contribution in [0.15, 0.2) is 0 Å². The van der Waals surface area contributed by atoms with Crippen molar-refractivity contribution in [3.63, 3.8) is 0 Å². The van der Waals surface area contributed by atoms with Crippen molar-refractivity contribution >= 4 is 11.6 Å². The van der Waals surface area contributed by atoms with Crippen LogP contribution < -0.4 is 0 Å². The first-order valence-corrected chi connectivity index (χ1v) is 3.83. The van der Waals surface area contributed by atoms with Gasteiger partial charge in [0, 0.05) is 24.7 Å². The fourth-order valence-electron chi connectivity index (χ4n) is 2.01. The number of carbonyl (C=O) groups is 2. The molecule has 10 heavy (non-hydrogen) atoms. The first kappa shape index (κ1) is 6.08. The van der Waals surface area contributed by atoms with Gasteiger partial charge < -0.3 is 0 Å². The van der Waals surface area contributed by atoms with E-state index < -0.39 is 0 Å². The molecule has 2 aliphatic rings. The van der Waals surface area contributed by atoms with E-state index in [-0.39, 0.29) is 11.8 Å². The van der Waals surface area contributed by atoms with E-state index in [0.717, 1.165) is 12.8 Å². The molecule has 0 aromatic carbocycles. The molecule has 2 rings (SSSR count). The van der Waals surface area contributed by atoms with Gasteiger partial charge in [0.25, 0.3) is 0 Å². The molecule has 0 aromatic heterocycles. The van der Waals surface area contributed by atoms with Crippen LogP contribution in [0, 0.1) is 11.8 Å². The normalized spacial score (nSPS) is 38.8. The number of rotatable bonds is 0. The Morgan fingerprint density at radius 1 is 1.10 bits per heavy atom. The van der Waals surface area contributed by atoms with Gasteiger partial charge in [-0.2, -0.15) is 0 Å². The molecule has 0 amide bonds. The first-order valence-electron chi connectivity index (χ1n) is 3.83. The highest BCUT2D eigenvalue weighted by molar-refractivity contribution is 5.94. The predicted molar refractivity (Wildman–Crippen MR) is 35.5 cm³/mol. The van der Waals surface area contributed by atoms with Crippen molar-refractivity contribution in [2.45, 2.75) is 25.7 Å². The summed E-state index contributed by atoms with van der Waals surface area (Å²) in [5.41, 5.74) is 0. The van der Waals surface area contributed by atoms with Gasteiger partial charge in [-0.25, -0.2) is 0 Å². The number of hydrogen-bond donors (Lipinski definition) is 0. The lowest BCUT2D eigenvalue weighted by Gasteiger charge is -2.14. The lowest BCUT2D eigenvalue weighted by molar-refractivity contribution is -0.124. The Hall–Kier alpha value is -0.660. The molecule has 0 heterocycles. The molecule has 2 nitrogen and oxygen atoms in total. The molecule has 2 saturated carbocycles. The molecule has 2 fully saturated rings. The Morgan fingerprint density at radius 3 is 2.60 bits per heavy atom. The monoisotopic (exact) mass is 138 g/mol. The molecule has 0 N–H and O–H groups in total. The second-order valence-corrected chi connectivity index (χ2v) is 3.30. The third kappa shape index (κ3) is 0.713. The molecule has 54 valence electrons. The van der Waals surface area contributed by atoms with Crippen LogP contribution in [0.4, 0.5) is 0 Å². The number of ketones is 2. The van der Waals surface area contributed by atoms with E-state index in [0.29, 0.717) is 24.4 Å². The minimum absolute atomic E-state index is 0.117. The van der Waals surface area contributed by atoms with Crippen molar-refractivity contribution in [1.82, 2.24) is 0 Å². The van der Waals surface area contributed by atoms with Crippen molar-refractivity contribution < 1.29 is 9.59 Å². The van der Waals surface area contributed by atoms with E-state index in [1.165, 1.54) is 0 Å². The number of carbonyl (C=O) groups excluding carboxylic acids is 2. The minimum Gasteiger partial charge on any atom is -0.299 e. The Balaban J connectivity index is 2.22. The average molecular weight is 138 g/mol. The van der Waals surface area contributed by atoms with Crippen LogP contribution in [0.5, 0.6) is 0 Å². The fraction of sp³-hybridized carbons (Fsp3) is 0.750. The van der Waals surface area contributed by atoms with Crippen molar-refractivity contribution in [3.05, 3.63) is 0 Å². The summed E-state index contributed by atoms with van der Waals surface area (Å²) in [4.78, 5) is 22.1. The lowest BCUT2D eigenvalue weighted by Crippen LogP contribution is -2.17. The summed E-state index contributed by atoms with van der Waals surface area (Å²) in [6, 6.07) is 0. The zero-order chi connectivity index (χ0) is 7.14. The second-order valence-electron chi connectivity index (χ2n) is 3.30. The topological polar surface area (TPSA) is 34.1 Å². The maximum absolute atomic E-state index is 11.0. The van der Waals surface area contributed by atoms with E-state index in [2.05, 4.69) is 0 Å². The van der Waals surface area contributed by atoms with Crippen molar-refractivity contribution in [3.8, 4) is 0 Å². The molecule has 0 aliphatic heterocycles. The molecule has 0 spiro atoms. The molecular weight excluding hydrogens is 128 g/mol. The number of fused-ring (bicyclic) bond motifs is 2. The van der Waals surface area contributed by atoms with Crippen molar-refractivity contribution in [1.29, 1.82) is 0 Å². The first-order chi connectivity index (χ1) is 4.77. The number of hydrogen-bond acceptors (Lipinski definition) is 2. The van der Waals surface area contributed by atoms with Crippen molar-refractivity contribution in [2.24, 2.45) is 11.8 Å². The molecular formula is C8H10O2. The zero-order valence-corrected chi connectivity index (χ0v) is 5.80. The van der Waals surface area contributed by atoms with Gasteiger partial charge in [0.05, 0.1) is 0 Å². The Bertz CT molecular complexity index is 193. The molecule has 0 radical (unpaired) electrons. The van der Waals surface area contributed by atoms with Crippen LogP contribution in [0.3, 0.4) is 0 Å². The van der Waals surface area contributed by atoms with Gasteiger partial charge in [0.15, 0.2) is 0 Å². The molecule has 2 bridgehead atoms. The minimum atomic E-state index is 0.117.